The summed E-state index contributed by atoms with van der Waals surface area (Å²) in [5.74, 6) is 0.477. The summed E-state index contributed by atoms with van der Waals surface area (Å²) < 4.78 is 20.3. The fraction of sp³-hybridized carbons (Fsp3) is 0.273. The predicted octanol–water partition coefficient (Wildman–Crippen LogP) is 3.00. The lowest BCUT2D eigenvalue weighted by Crippen LogP contribution is -2.29. The Balaban J connectivity index is 1.45. The highest BCUT2D eigenvalue weighted by atomic mass is 32.2. The van der Waals surface area contributed by atoms with E-state index in [1.165, 1.54) is 36.0 Å². The van der Waals surface area contributed by atoms with Gasteiger partial charge < -0.3 is 19.9 Å². The second-order valence-corrected chi connectivity index (χ2v) is 8.03. The van der Waals surface area contributed by atoms with E-state index in [2.05, 4.69) is 20.8 Å². The van der Waals surface area contributed by atoms with Crippen molar-refractivity contribution in [2.24, 2.45) is 7.05 Å². The van der Waals surface area contributed by atoms with Gasteiger partial charge in [-0.1, -0.05) is 30.0 Å². The lowest BCUT2D eigenvalue weighted by atomic mass is 10.1. The molecule has 2 N–H and O–H groups in total. The zero-order chi connectivity index (χ0) is 23.1. The molecule has 0 saturated carbocycles. The summed E-state index contributed by atoms with van der Waals surface area (Å²) in [4.78, 5) is 24.3. The molecule has 10 heteroatoms. The SMILES string of the molecule is Cc1cccc(C)c1OCC(=O)NCc1nnc(SCC(=O)Nc2ccc(F)cc2)n1C. The number of halogens is 1. The molecule has 2 amide bonds. The standard InChI is InChI=1S/C22H24FN5O3S/c1-14-5-4-6-15(2)21(14)31-12-19(29)24-11-18-26-27-22(28(18)3)32-13-20(30)25-17-9-7-16(23)8-10-17/h4-10H,11-13H2,1-3H3,(H,24,29)(H,25,30). The first kappa shape index (κ1) is 23.3. The van der Waals surface area contributed by atoms with Crippen LogP contribution in [0.15, 0.2) is 47.6 Å². The molecule has 0 radical (unpaired) electrons. The van der Waals surface area contributed by atoms with E-state index >= 15 is 0 Å². The Morgan fingerprint density at radius 2 is 1.75 bits per heavy atom. The van der Waals surface area contributed by atoms with Crippen LogP contribution >= 0.6 is 11.8 Å². The van der Waals surface area contributed by atoms with Crippen molar-refractivity contribution in [3.8, 4) is 5.75 Å². The van der Waals surface area contributed by atoms with Gasteiger partial charge in [0, 0.05) is 12.7 Å². The number of hydrogen-bond acceptors (Lipinski definition) is 6. The van der Waals surface area contributed by atoms with Crippen molar-refractivity contribution in [2.75, 3.05) is 17.7 Å². The summed E-state index contributed by atoms with van der Waals surface area (Å²) in [5.41, 5.74) is 2.45. The topological polar surface area (TPSA) is 98.1 Å². The number of anilines is 1. The van der Waals surface area contributed by atoms with E-state index in [1.807, 2.05) is 32.0 Å². The maximum Gasteiger partial charge on any atom is 0.258 e. The van der Waals surface area contributed by atoms with Gasteiger partial charge in [-0.3, -0.25) is 9.59 Å². The maximum atomic E-state index is 12.9. The number of aromatic nitrogens is 3. The number of ether oxygens (including phenoxy) is 1. The molecule has 2 aromatic carbocycles. The number of aryl methyl sites for hydroxylation is 2. The van der Waals surface area contributed by atoms with Gasteiger partial charge in [-0.05, 0) is 49.2 Å². The van der Waals surface area contributed by atoms with Gasteiger partial charge in [-0.25, -0.2) is 4.39 Å². The smallest absolute Gasteiger partial charge is 0.258 e. The summed E-state index contributed by atoms with van der Waals surface area (Å²) >= 11 is 1.21. The van der Waals surface area contributed by atoms with Crippen LogP contribution in [0.3, 0.4) is 0 Å². The van der Waals surface area contributed by atoms with Crippen molar-refractivity contribution in [1.29, 1.82) is 0 Å². The monoisotopic (exact) mass is 457 g/mol. The molecule has 1 aromatic heterocycles. The zero-order valence-electron chi connectivity index (χ0n) is 18.0. The number of amides is 2. The third-order valence-corrected chi connectivity index (χ3v) is 5.61. The molecule has 0 aliphatic heterocycles. The van der Waals surface area contributed by atoms with E-state index in [-0.39, 0.29) is 36.5 Å². The Morgan fingerprint density at radius 3 is 2.44 bits per heavy atom. The molecule has 0 atom stereocenters. The minimum atomic E-state index is -0.368. The lowest BCUT2D eigenvalue weighted by Gasteiger charge is -2.12. The number of carbonyl (C=O) groups is 2. The van der Waals surface area contributed by atoms with Gasteiger partial charge >= 0.3 is 0 Å². The summed E-state index contributed by atoms with van der Waals surface area (Å²) in [6.45, 7) is 3.94. The molecule has 0 spiro atoms. The molecule has 3 aromatic rings. The van der Waals surface area contributed by atoms with E-state index in [0.717, 1.165) is 11.1 Å². The summed E-state index contributed by atoms with van der Waals surface area (Å²) in [7, 11) is 1.76. The van der Waals surface area contributed by atoms with E-state index in [0.29, 0.717) is 22.4 Å². The molecule has 1 heterocycles. The highest BCUT2D eigenvalue weighted by Gasteiger charge is 2.13. The third-order valence-electron chi connectivity index (χ3n) is 4.59. The van der Waals surface area contributed by atoms with Gasteiger partial charge in [-0.15, -0.1) is 10.2 Å². The second kappa shape index (κ2) is 10.8. The Labute approximate surface area is 189 Å². The zero-order valence-corrected chi connectivity index (χ0v) is 18.8. The van der Waals surface area contributed by atoms with Crippen molar-refractivity contribution in [3.63, 3.8) is 0 Å². The van der Waals surface area contributed by atoms with Crippen molar-refractivity contribution in [2.45, 2.75) is 25.5 Å². The van der Waals surface area contributed by atoms with Crippen molar-refractivity contribution < 1.29 is 18.7 Å². The first-order valence-electron chi connectivity index (χ1n) is 9.85. The largest absolute Gasteiger partial charge is 0.483 e. The number of nitrogens with zero attached hydrogens (tertiary/aromatic N) is 3. The molecule has 3 rings (SSSR count). The van der Waals surface area contributed by atoms with Crippen LogP contribution in [-0.4, -0.2) is 38.9 Å². The molecule has 168 valence electrons. The van der Waals surface area contributed by atoms with Crippen LogP contribution in [0.1, 0.15) is 17.0 Å². The number of rotatable bonds is 9. The molecule has 0 aliphatic rings. The van der Waals surface area contributed by atoms with Gasteiger partial charge in [0.25, 0.3) is 5.91 Å². The van der Waals surface area contributed by atoms with Crippen LogP contribution in [0.2, 0.25) is 0 Å². The molecular formula is C22H24FN5O3S. The average molecular weight is 458 g/mol. The molecule has 32 heavy (non-hydrogen) atoms. The lowest BCUT2D eigenvalue weighted by molar-refractivity contribution is -0.123. The number of thioether (sulfide) groups is 1. The summed E-state index contributed by atoms with van der Waals surface area (Å²) in [5, 5.41) is 14.1. The number of carbonyl (C=O) groups excluding carboxylic acids is 2. The third kappa shape index (κ3) is 6.30. The molecule has 8 nitrogen and oxygen atoms in total. The van der Waals surface area contributed by atoms with Crippen LogP contribution in [0.4, 0.5) is 10.1 Å². The van der Waals surface area contributed by atoms with E-state index < -0.39 is 0 Å². The van der Waals surface area contributed by atoms with Gasteiger partial charge in [0.15, 0.2) is 17.6 Å². The van der Waals surface area contributed by atoms with Crippen LogP contribution in [0, 0.1) is 19.7 Å². The number of nitrogens with one attached hydrogen (secondary N) is 2. The highest BCUT2D eigenvalue weighted by molar-refractivity contribution is 7.99. The first-order chi connectivity index (χ1) is 15.3. The summed E-state index contributed by atoms with van der Waals surface area (Å²) in [6.07, 6.45) is 0. The molecule has 0 fully saturated rings. The maximum absolute atomic E-state index is 12.9. The first-order valence-corrected chi connectivity index (χ1v) is 10.8. The molecule has 0 bridgehead atoms. The van der Waals surface area contributed by atoms with Gasteiger partial charge in [0.2, 0.25) is 5.91 Å². The van der Waals surface area contributed by atoms with Crippen LogP contribution < -0.4 is 15.4 Å². The van der Waals surface area contributed by atoms with E-state index in [4.69, 9.17) is 4.74 Å². The van der Waals surface area contributed by atoms with Gasteiger partial charge in [-0.2, -0.15) is 0 Å². The number of benzene rings is 2. The quantitative estimate of drug-likeness (QED) is 0.480. The molecular weight excluding hydrogens is 433 g/mol. The number of hydrogen-bond donors (Lipinski definition) is 2. The highest BCUT2D eigenvalue weighted by Crippen LogP contribution is 2.22. The Bertz CT molecular complexity index is 1080. The van der Waals surface area contributed by atoms with Crippen LogP contribution in [0.5, 0.6) is 5.75 Å². The molecule has 0 aliphatic carbocycles. The Kier molecular flexibility index (Phi) is 7.82. The summed E-state index contributed by atoms with van der Waals surface area (Å²) in [6, 6.07) is 11.3. The minimum Gasteiger partial charge on any atom is -0.483 e. The van der Waals surface area contributed by atoms with Gasteiger partial charge in [0.1, 0.15) is 11.6 Å². The van der Waals surface area contributed by atoms with Crippen molar-refractivity contribution >= 4 is 29.3 Å². The van der Waals surface area contributed by atoms with E-state index in [9.17, 15) is 14.0 Å². The van der Waals surface area contributed by atoms with Crippen LogP contribution in [0.25, 0.3) is 0 Å². The van der Waals surface area contributed by atoms with Crippen LogP contribution in [-0.2, 0) is 23.2 Å². The average Bonchev–Trinajstić information content (AvgIpc) is 3.11. The Morgan fingerprint density at radius 1 is 1.06 bits per heavy atom. The minimum absolute atomic E-state index is 0.102. The van der Waals surface area contributed by atoms with Crippen molar-refractivity contribution in [1.82, 2.24) is 20.1 Å². The molecule has 0 unspecified atom stereocenters. The van der Waals surface area contributed by atoms with Gasteiger partial charge in [0.05, 0.1) is 12.3 Å². The number of para-hydroxylation sites is 1. The fourth-order valence-electron chi connectivity index (χ4n) is 2.88. The normalized spacial score (nSPS) is 10.6. The molecule has 0 saturated heterocycles. The van der Waals surface area contributed by atoms with Crippen molar-refractivity contribution in [3.05, 3.63) is 65.2 Å². The second-order valence-electron chi connectivity index (χ2n) is 7.09. The van der Waals surface area contributed by atoms with E-state index in [1.54, 1.807) is 11.6 Å². The predicted molar refractivity (Wildman–Crippen MR) is 120 cm³/mol. The Hall–Kier alpha value is -3.40. The fourth-order valence-corrected chi connectivity index (χ4v) is 3.61.